The fourth-order valence-electron chi connectivity index (χ4n) is 1.63. The van der Waals surface area contributed by atoms with E-state index in [-0.39, 0.29) is 5.88 Å². The third kappa shape index (κ3) is 3.23. The van der Waals surface area contributed by atoms with Gasteiger partial charge in [0.25, 0.3) is 5.88 Å². The minimum Gasteiger partial charge on any atom is -0.490 e. The van der Waals surface area contributed by atoms with Gasteiger partial charge in [0.2, 0.25) is 0 Å². The van der Waals surface area contributed by atoms with Gasteiger partial charge in [-0.1, -0.05) is 18.2 Å². The van der Waals surface area contributed by atoms with E-state index in [4.69, 9.17) is 14.7 Å². The molecule has 2 rings (SSSR count). The van der Waals surface area contributed by atoms with E-state index in [9.17, 15) is 0 Å². The lowest BCUT2D eigenvalue weighted by molar-refractivity contribution is 0.210. The van der Waals surface area contributed by atoms with Crippen molar-refractivity contribution in [3.8, 4) is 17.7 Å². The Bertz CT molecular complexity index is 621. The number of nitrogens with zero attached hydrogens (tertiary/aromatic N) is 3. The molecule has 1 aromatic heterocycles. The highest BCUT2D eigenvalue weighted by Crippen LogP contribution is 2.19. The number of hydrogen-bond donors (Lipinski definition) is 0. The van der Waals surface area contributed by atoms with Gasteiger partial charge in [-0.15, -0.1) is 5.10 Å². The molecule has 20 heavy (non-hydrogen) atoms. The van der Waals surface area contributed by atoms with Gasteiger partial charge < -0.3 is 9.47 Å². The van der Waals surface area contributed by atoms with Crippen LogP contribution in [0.3, 0.4) is 0 Å². The molecule has 0 atom stereocenters. The average molecular weight is 269 g/mol. The van der Waals surface area contributed by atoms with E-state index in [1.807, 2.05) is 44.2 Å². The Morgan fingerprint density at radius 2 is 1.75 bits per heavy atom. The van der Waals surface area contributed by atoms with Gasteiger partial charge in [0.1, 0.15) is 30.6 Å². The number of nitriles is 1. The van der Waals surface area contributed by atoms with Gasteiger partial charge in [-0.05, 0) is 31.5 Å². The predicted octanol–water partition coefficient (Wildman–Crippen LogP) is 2.42. The zero-order valence-electron chi connectivity index (χ0n) is 11.5. The lowest BCUT2D eigenvalue weighted by atomic mass is 10.1. The van der Waals surface area contributed by atoms with Gasteiger partial charge in [-0.2, -0.15) is 10.4 Å². The molecule has 0 aliphatic heterocycles. The number of aryl methyl sites for hydroxylation is 1. The molecule has 0 N–H and O–H groups in total. The summed E-state index contributed by atoms with van der Waals surface area (Å²) in [5, 5.41) is 17.0. The van der Waals surface area contributed by atoms with E-state index in [0.717, 1.165) is 17.0 Å². The summed E-state index contributed by atoms with van der Waals surface area (Å²) in [4.78, 5) is 0. The first-order valence-corrected chi connectivity index (χ1v) is 6.27. The fourth-order valence-corrected chi connectivity index (χ4v) is 1.63. The monoisotopic (exact) mass is 269 g/mol. The van der Waals surface area contributed by atoms with E-state index in [1.165, 1.54) is 0 Å². The van der Waals surface area contributed by atoms with Crippen LogP contribution in [-0.2, 0) is 0 Å². The Hall–Kier alpha value is -2.61. The number of aromatic nitrogens is 2. The molecule has 0 radical (unpaired) electrons. The van der Waals surface area contributed by atoms with Gasteiger partial charge in [0.05, 0.1) is 5.69 Å². The fraction of sp³-hybridized carbons (Fsp3) is 0.267. The van der Waals surface area contributed by atoms with Crippen LogP contribution in [0.4, 0.5) is 0 Å². The van der Waals surface area contributed by atoms with Gasteiger partial charge in [-0.3, -0.25) is 0 Å². The molecule has 1 aromatic carbocycles. The maximum absolute atomic E-state index is 9.13. The second kappa shape index (κ2) is 6.53. The van der Waals surface area contributed by atoms with Crippen LogP contribution in [0.15, 0.2) is 30.3 Å². The Morgan fingerprint density at radius 3 is 2.45 bits per heavy atom. The Balaban J connectivity index is 1.92. The molecule has 0 aliphatic rings. The average Bonchev–Trinajstić information content (AvgIpc) is 2.48. The highest BCUT2D eigenvalue weighted by molar-refractivity contribution is 5.44. The molecular weight excluding hydrogens is 254 g/mol. The number of rotatable bonds is 5. The minimum atomic E-state index is 0.257. The van der Waals surface area contributed by atoms with Crippen molar-refractivity contribution in [2.45, 2.75) is 13.8 Å². The molecule has 1 heterocycles. The summed E-state index contributed by atoms with van der Waals surface area (Å²) in [6.45, 7) is 4.33. The lowest BCUT2D eigenvalue weighted by Gasteiger charge is -2.09. The van der Waals surface area contributed by atoms with Crippen molar-refractivity contribution >= 4 is 0 Å². The maximum Gasteiger partial charge on any atom is 0.251 e. The third-order valence-electron chi connectivity index (χ3n) is 2.87. The number of benzene rings is 1. The molecule has 0 fully saturated rings. The second-order valence-corrected chi connectivity index (χ2v) is 4.21. The first-order chi connectivity index (χ1) is 9.72. The van der Waals surface area contributed by atoms with E-state index in [1.54, 1.807) is 0 Å². The topological polar surface area (TPSA) is 68.0 Å². The molecule has 2 aromatic rings. The summed E-state index contributed by atoms with van der Waals surface area (Å²) in [7, 11) is 0. The minimum absolute atomic E-state index is 0.257. The summed E-state index contributed by atoms with van der Waals surface area (Å²) in [6.07, 6.45) is 0. The molecule has 5 heteroatoms. The lowest BCUT2D eigenvalue weighted by Crippen LogP contribution is -2.12. The summed E-state index contributed by atoms with van der Waals surface area (Å²) in [5.41, 5.74) is 1.95. The molecule has 0 amide bonds. The smallest absolute Gasteiger partial charge is 0.251 e. The summed E-state index contributed by atoms with van der Waals surface area (Å²) in [5.74, 6) is 1.04. The van der Waals surface area contributed by atoms with Crippen molar-refractivity contribution in [3.63, 3.8) is 0 Å². The quantitative estimate of drug-likeness (QED) is 0.780. The van der Waals surface area contributed by atoms with Crippen LogP contribution in [-0.4, -0.2) is 23.4 Å². The molecular formula is C15H15N3O2. The van der Waals surface area contributed by atoms with E-state index in [2.05, 4.69) is 16.3 Å². The summed E-state index contributed by atoms with van der Waals surface area (Å²) < 4.78 is 11.0. The summed E-state index contributed by atoms with van der Waals surface area (Å²) in [6, 6.07) is 11.6. The standard InChI is InChI=1S/C15H15N3O2/c1-11-12(2)17-18-15(14(11)10-16)20-9-8-19-13-6-4-3-5-7-13/h3-7H,8-9H2,1-2H3. The SMILES string of the molecule is Cc1nnc(OCCOc2ccccc2)c(C#N)c1C. The van der Waals surface area contributed by atoms with Gasteiger partial charge in [-0.25, -0.2) is 0 Å². The molecule has 102 valence electrons. The van der Waals surface area contributed by atoms with E-state index < -0.39 is 0 Å². The van der Waals surface area contributed by atoms with Crippen LogP contribution in [0.5, 0.6) is 11.6 Å². The number of hydrogen-bond acceptors (Lipinski definition) is 5. The first-order valence-electron chi connectivity index (χ1n) is 6.27. The van der Waals surface area contributed by atoms with Crippen molar-refractivity contribution < 1.29 is 9.47 Å². The molecule has 0 saturated heterocycles. The molecule has 0 spiro atoms. The Labute approximate surface area is 117 Å². The highest BCUT2D eigenvalue weighted by Gasteiger charge is 2.11. The third-order valence-corrected chi connectivity index (χ3v) is 2.87. The van der Waals surface area contributed by atoms with Crippen LogP contribution in [0.2, 0.25) is 0 Å². The molecule has 0 saturated carbocycles. The zero-order valence-corrected chi connectivity index (χ0v) is 11.5. The van der Waals surface area contributed by atoms with Crippen LogP contribution in [0, 0.1) is 25.2 Å². The van der Waals surface area contributed by atoms with Gasteiger partial charge >= 0.3 is 0 Å². The van der Waals surface area contributed by atoms with Crippen molar-refractivity contribution in [2.24, 2.45) is 0 Å². The van der Waals surface area contributed by atoms with Crippen LogP contribution >= 0.6 is 0 Å². The summed E-state index contributed by atoms with van der Waals surface area (Å²) >= 11 is 0. The predicted molar refractivity (Wildman–Crippen MR) is 73.7 cm³/mol. The van der Waals surface area contributed by atoms with Gasteiger partial charge in [0, 0.05) is 0 Å². The van der Waals surface area contributed by atoms with Gasteiger partial charge in [0.15, 0.2) is 0 Å². The molecule has 0 bridgehead atoms. The van der Waals surface area contributed by atoms with Crippen LogP contribution in [0.25, 0.3) is 0 Å². The zero-order chi connectivity index (χ0) is 14.4. The number of ether oxygens (including phenoxy) is 2. The molecule has 5 nitrogen and oxygen atoms in total. The van der Waals surface area contributed by atoms with E-state index in [0.29, 0.717) is 18.8 Å². The van der Waals surface area contributed by atoms with E-state index >= 15 is 0 Å². The van der Waals surface area contributed by atoms with Crippen molar-refractivity contribution in [1.29, 1.82) is 5.26 Å². The van der Waals surface area contributed by atoms with Crippen molar-refractivity contribution in [3.05, 3.63) is 47.2 Å². The molecule has 0 unspecified atom stereocenters. The van der Waals surface area contributed by atoms with Crippen molar-refractivity contribution in [1.82, 2.24) is 10.2 Å². The largest absolute Gasteiger partial charge is 0.490 e. The Morgan fingerprint density at radius 1 is 1.05 bits per heavy atom. The molecule has 0 aliphatic carbocycles. The first kappa shape index (κ1) is 13.8. The number of para-hydroxylation sites is 1. The van der Waals surface area contributed by atoms with Crippen LogP contribution < -0.4 is 9.47 Å². The second-order valence-electron chi connectivity index (χ2n) is 4.21. The van der Waals surface area contributed by atoms with Crippen molar-refractivity contribution in [2.75, 3.05) is 13.2 Å². The van der Waals surface area contributed by atoms with Crippen LogP contribution in [0.1, 0.15) is 16.8 Å². The maximum atomic E-state index is 9.13. The highest BCUT2D eigenvalue weighted by atomic mass is 16.5. The normalized spacial score (nSPS) is 9.85. The Kier molecular flexibility index (Phi) is 4.51.